The van der Waals surface area contributed by atoms with Gasteiger partial charge in [-0.15, -0.1) is 0 Å². The molecular weight excluding hydrogens is 363 g/mol. The number of ether oxygens (including phenoxy) is 1. The van der Waals surface area contributed by atoms with E-state index < -0.39 is 21.6 Å². The lowest BCUT2D eigenvalue weighted by Gasteiger charge is -2.14. The molecule has 7 heteroatoms. The predicted octanol–water partition coefficient (Wildman–Crippen LogP) is 5.52. The number of halogens is 3. The highest BCUT2D eigenvalue weighted by Crippen LogP contribution is 2.26. The van der Waals surface area contributed by atoms with Gasteiger partial charge in [-0.25, -0.2) is 0 Å². The Hall–Kier alpha value is -0.190. The minimum Gasteiger partial charge on any atom is -0.481 e. The van der Waals surface area contributed by atoms with E-state index in [1.165, 1.54) is 32.1 Å². The Bertz CT molecular complexity index is 343. The van der Waals surface area contributed by atoms with E-state index in [1.54, 1.807) is 0 Å². The van der Waals surface area contributed by atoms with Crippen LogP contribution in [0.15, 0.2) is 0 Å². The Morgan fingerprint density at radius 2 is 1.52 bits per heavy atom. The fraction of sp³-hybridized carbons (Fsp3) is 0.875. The highest BCUT2D eigenvalue weighted by molar-refractivity contribution is 6.67. The number of hydrogen-bond donors (Lipinski definition) is 1. The van der Waals surface area contributed by atoms with Gasteiger partial charge in [-0.3, -0.25) is 9.59 Å². The fourth-order valence-electron chi connectivity index (χ4n) is 2.26. The van der Waals surface area contributed by atoms with Crippen LogP contribution in [0, 0.1) is 5.92 Å². The van der Waals surface area contributed by atoms with Crippen LogP contribution in [0.25, 0.3) is 0 Å². The van der Waals surface area contributed by atoms with Crippen LogP contribution >= 0.6 is 34.8 Å². The van der Waals surface area contributed by atoms with Crippen molar-refractivity contribution >= 4 is 46.7 Å². The van der Waals surface area contributed by atoms with Gasteiger partial charge in [0.1, 0.15) is 6.61 Å². The normalized spacial score (nSPS) is 12.9. The van der Waals surface area contributed by atoms with Gasteiger partial charge < -0.3 is 9.84 Å². The van der Waals surface area contributed by atoms with Crippen LogP contribution in [-0.2, 0) is 14.3 Å². The van der Waals surface area contributed by atoms with Crippen molar-refractivity contribution in [2.75, 3.05) is 6.61 Å². The molecule has 0 aliphatic rings. The number of unbranched alkanes of at least 4 members (excludes halogenated alkanes) is 7. The van der Waals surface area contributed by atoms with Crippen molar-refractivity contribution in [3.8, 4) is 0 Å². The summed E-state index contributed by atoms with van der Waals surface area (Å²) in [6, 6.07) is 0. The average Bonchev–Trinajstić information content (AvgIpc) is 2.45. The minimum atomic E-state index is -1.67. The predicted molar refractivity (Wildman–Crippen MR) is 94.2 cm³/mol. The van der Waals surface area contributed by atoms with Crippen LogP contribution in [-0.4, -0.2) is 27.4 Å². The quantitative estimate of drug-likeness (QED) is 0.256. The van der Waals surface area contributed by atoms with Gasteiger partial charge in [0.15, 0.2) is 0 Å². The maximum Gasteiger partial charge on any atom is 0.307 e. The van der Waals surface area contributed by atoms with Gasteiger partial charge in [-0.2, -0.15) is 0 Å². The number of aliphatic carboxylic acids is 1. The maximum atomic E-state index is 11.6. The van der Waals surface area contributed by atoms with Gasteiger partial charge in [0, 0.05) is 0 Å². The first-order chi connectivity index (χ1) is 10.8. The second-order valence-corrected chi connectivity index (χ2v) is 8.29. The van der Waals surface area contributed by atoms with Crippen LogP contribution in [0.4, 0.5) is 0 Å². The number of hydrogen-bond acceptors (Lipinski definition) is 3. The number of carbonyl (C=O) groups is 2. The van der Waals surface area contributed by atoms with Crippen molar-refractivity contribution in [1.82, 2.24) is 0 Å². The zero-order chi connectivity index (χ0) is 17.7. The molecule has 4 nitrogen and oxygen atoms in total. The molecular formula is C16H27Cl3O4. The van der Waals surface area contributed by atoms with Gasteiger partial charge in [0.2, 0.25) is 3.79 Å². The highest BCUT2D eigenvalue weighted by Gasteiger charge is 2.25. The van der Waals surface area contributed by atoms with Gasteiger partial charge in [-0.1, -0.05) is 93.1 Å². The van der Waals surface area contributed by atoms with Crippen molar-refractivity contribution in [1.29, 1.82) is 0 Å². The van der Waals surface area contributed by atoms with Crippen molar-refractivity contribution < 1.29 is 19.4 Å². The molecule has 0 rings (SSSR count). The van der Waals surface area contributed by atoms with Crippen LogP contribution in [0.2, 0.25) is 0 Å². The van der Waals surface area contributed by atoms with Crippen molar-refractivity contribution in [3.63, 3.8) is 0 Å². The summed E-state index contributed by atoms with van der Waals surface area (Å²) in [5, 5.41) is 9.16. The number of carboxylic acids is 1. The molecule has 0 bridgehead atoms. The Morgan fingerprint density at radius 3 is 2.00 bits per heavy atom. The number of alkyl halides is 3. The van der Waals surface area contributed by atoms with Gasteiger partial charge in [0.05, 0.1) is 12.3 Å². The Labute approximate surface area is 153 Å². The number of carbonyl (C=O) groups excluding carboxylic acids is 1. The molecule has 0 aromatic carbocycles. The lowest BCUT2D eigenvalue weighted by atomic mass is 9.97. The lowest BCUT2D eigenvalue weighted by molar-refractivity contribution is -0.151. The summed E-state index contributed by atoms with van der Waals surface area (Å²) < 4.78 is 3.10. The third-order valence-electron chi connectivity index (χ3n) is 3.57. The van der Waals surface area contributed by atoms with Crippen LogP contribution in [0.1, 0.15) is 71.1 Å². The van der Waals surface area contributed by atoms with Crippen LogP contribution in [0.3, 0.4) is 0 Å². The Kier molecular flexibility index (Phi) is 13.0. The third kappa shape index (κ3) is 15.1. The topological polar surface area (TPSA) is 63.6 Å². The molecule has 0 aromatic rings. The summed E-state index contributed by atoms with van der Waals surface area (Å²) >= 11 is 16.4. The number of esters is 1. The summed E-state index contributed by atoms with van der Waals surface area (Å²) in [6.07, 6.45) is 9.35. The maximum absolute atomic E-state index is 11.6. The molecule has 0 heterocycles. The monoisotopic (exact) mass is 388 g/mol. The van der Waals surface area contributed by atoms with Crippen molar-refractivity contribution in [2.24, 2.45) is 5.92 Å². The van der Waals surface area contributed by atoms with E-state index in [9.17, 15) is 9.59 Å². The third-order valence-corrected chi connectivity index (χ3v) is 3.89. The molecule has 1 atom stereocenters. The SMILES string of the molecule is CCCCCCCCCC[C@H](CC(=O)OCC(Cl)(Cl)Cl)C(=O)O. The van der Waals surface area contributed by atoms with Crippen LogP contribution < -0.4 is 0 Å². The minimum absolute atomic E-state index is 0.188. The highest BCUT2D eigenvalue weighted by atomic mass is 35.6. The van der Waals surface area contributed by atoms with Crippen LogP contribution in [0.5, 0.6) is 0 Å². The summed E-state index contributed by atoms with van der Waals surface area (Å²) in [5.41, 5.74) is 0. The van der Waals surface area contributed by atoms with Gasteiger partial charge >= 0.3 is 11.9 Å². The summed E-state index contributed by atoms with van der Waals surface area (Å²) in [7, 11) is 0. The zero-order valence-corrected chi connectivity index (χ0v) is 15.9. The smallest absolute Gasteiger partial charge is 0.307 e. The molecule has 0 amide bonds. The molecule has 0 aliphatic heterocycles. The molecule has 0 aliphatic carbocycles. The first kappa shape index (κ1) is 22.8. The summed E-state index contributed by atoms with van der Waals surface area (Å²) in [4.78, 5) is 22.8. The molecule has 0 saturated heterocycles. The first-order valence-corrected chi connectivity index (χ1v) is 9.34. The number of rotatable bonds is 13. The standard InChI is InChI=1S/C16H27Cl3O4/c1-2-3-4-5-6-7-8-9-10-13(15(21)22)11-14(20)23-12-16(17,18)19/h13H,2-12H2,1H3,(H,21,22)/t13-/m1/s1. The molecule has 0 unspecified atom stereocenters. The van der Waals surface area contributed by atoms with E-state index in [-0.39, 0.29) is 13.0 Å². The molecule has 1 N–H and O–H groups in total. The van der Waals surface area contributed by atoms with E-state index in [2.05, 4.69) is 6.92 Å². The second-order valence-electron chi connectivity index (χ2n) is 5.78. The second kappa shape index (κ2) is 13.1. The van der Waals surface area contributed by atoms with E-state index in [0.717, 1.165) is 19.3 Å². The van der Waals surface area contributed by atoms with E-state index in [4.69, 9.17) is 44.6 Å². The zero-order valence-electron chi connectivity index (χ0n) is 13.7. The lowest BCUT2D eigenvalue weighted by Crippen LogP contribution is -2.22. The average molecular weight is 390 g/mol. The molecule has 136 valence electrons. The van der Waals surface area contributed by atoms with E-state index >= 15 is 0 Å². The molecule has 0 saturated carbocycles. The fourth-order valence-corrected chi connectivity index (χ4v) is 2.42. The van der Waals surface area contributed by atoms with Gasteiger partial charge in [-0.05, 0) is 6.42 Å². The molecule has 0 aromatic heterocycles. The number of carboxylic acid groups (broad SMARTS) is 1. The van der Waals surface area contributed by atoms with Crippen molar-refractivity contribution in [3.05, 3.63) is 0 Å². The van der Waals surface area contributed by atoms with Gasteiger partial charge in [0.25, 0.3) is 0 Å². The summed E-state index contributed by atoms with van der Waals surface area (Å²) in [5.74, 6) is -2.37. The summed E-state index contributed by atoms with van der Waals surface area (Å²) in [6.45, 7) is 1.81. The van der Waals surface area contributed by atoms with Crippen molar-refractivity contribution in [2.45, 2.75) is 74.9 Å². The Morgan fingerprint density at radius 1 is 1.00 bits per heavy atom. The molecule has 0 spiro atoms. The Balaban J connectivity index is 3.86. The first-order valence-electron chi connectivity index (χ1n) is 8.21. The molecule has 0 fully saturated rings. The van der Waals surface area contributed by atoms with E-state index in [1.807, 2.05) is 0 Å². The molecule has 23 heavy (non-hydrogen) atoms. The molecule has 0 radical (unpaired) electrons. The largest absolute Gasteiger partial charge is 0.481 e. The van der Waals surface area contributed by atoms with E-state index in [0.29, 0.717) is 6.42 Å².